The van der Waals surface area contributed by atoms with Gasteiger partial charge in [0.15, 0.2) is 5.58 Å². The van der Waals surface area contributed by atoms with Crippen LogP contribution in [0.15, 0.2) is 217 Å². The van der Waals surface area contributed by atoms with E-state index in [4.69, 9.17) is 9.40 Å². The number of hydrogen-bond acceptors (Lipinski definition) is 4. The molecule has 0 radical (unpaired) electrons. The minimum atomic E-state index is 0.622. The summed E-state index contributed by atoms with van der Waals surface area (Å²) in [4.78, 5) is 9.56. The van der Waals surface area contributed by atoms with Crippen LogP contribution >= 0.6 is 0 Å². The quantitative estimate of drug-likeness (QED) is 0.147. The molecule has 0 saturated heterocycles. The van der Waals surface area contributed by atoms with Crippen molar-refractivity contribution in [2.45, 2.75) is 0 Å². The second-order valence-corrected chi connectivity index (χ2v) is 13.6. The van der Waals surface area contributed by atoms with Gasteiger partial charge < -0.3 is 14.2 Å². The smallest absolute Gasteiger partial charge is 0.227 e. The third-order valence-electron chi connectivity index (χ3n) is 10.2. The van der Waals surface area contributed by atoms with E-state index in [1.807, 2.05) is 30.3 Å². The van der Waals surface area contributed by atoms with Crippen LogP contribution in [-0.2, 0) is 0 Å². The van der Waals surface area contributed by atoms with Gasteiger partial charge in [-0.15, -0.1) is 0 Å². The lowest BCUT2D eigenvalue weighted by atomic mass is 10.00. The van der Waals surface area contributed by atoms with Gasteiger partial charge in [0.2, 0.25) is 5.89 Å². The molecule has 0 aliphatic carbocycles. The van der Waals surface area contributed by atoms with Gasteiger partial charge in [0.1, 0.15) is 5.52 Å². The van der Waals surface area contributed by atoms with Crippen LogP contribution in [0.5, 0.6) is 0 Å². The zero-order valence-corrected chi connectivity index (χ0v) is 30.0. The number of nitrogens with zero attached hydrogens (tertiary/aromatic N) is 3. The van der Waals surface area contributed by atoms with Crippen molar-refractivity contribution in [3.63, 3.8) is 0 Å². The summed E-state index contributed by atoms with van der Waals surface area (Å²) in [7, 11) is 0. The SMILES string of the molecule is c1ccc(-c2ccc(N(c3ccccc3)c3cccc(N(c4ccccc4)c4ccc5ccc6ccc7nc(-c8ccccc8)oc7c6c5c4)c3)cc2)cc1. The Balaban J connectivity index is 1.12. The van der Waals surface area contributed by atoms with Gasteiger partial charge in [-0.3, -0.25) is 0 Å². The maximum Gasteiger partial charge on any atom is 0.227 e. The van der Waals surface area contributed by atoms with E-state index in [1.165, 1.54) is 11.1 Å². The fraction of sp³-hybridized carbons (Fsp3) is 0. The Morgan fingerprint density at radius 1 is 0.345 bits per heavy atom. The van der Waals surface area contributed by atoms with Crippen LogP contribution in [0.2, 0.25) is 0 Å². The third-order valence-corrected chi connectivity index (χ3v) is 10.2. The van der Waals surface area contributed by atoms with Gasteiger partial charge in [-0.25, -0.2) is 4.98 Å². The summed E-state index contributed by atoms with van der Waals surface area (Å²) in [6.45, 7) is 0. The van der Waals surface area contributed by atoms with Crippen molar-refractivity contribution in [1.82, 2.24) is 4.98 Å². The monoisotopic (exact) mass is 705 g/mol. The minimum absolute atomic E-state index is 0.622. The first kappa shape index (κ1) is 32.2. The number of hydrogen-bond donors (Lipinski definition) is 0. The van der Waals surface area contributed by atoms with Crippen LogP contribution in [-0.4, -0.2) is 4.98 Å². The predicted octanol–water partition coefficient (Wildman–Crippen LogP) is 14.4. The number of rotatable bonds is 8. The average Bonchev–Trinajstić information content (AvgIpc) is 3.71. The molecule has 260 valence electrons. The number of benzene rings is 9. The first-order valence-electron chi connectivity index (χ1n) is 18.5. The molecule has 0 aliphatic rings. The van der Waals surface area contributed by atoms with Crippen LogP contribution < -0.4 is 9.80 Å². The molecular formula is C51H35N3O. The molecule has 0 bridgehead atoms. The van der Waals surface area contributed by atoms with Crippen molar-refractivity contribution < 1.29 is 4.42 Å². The van der Waals surface area contributed by atoms with Gasteiger partial charge in [-0.05, 0) is 112 Å². The Morgan fingerprint density at radius 3 is 1.45 bits per heavy atom. The minimum Gasteiger partial charge on any atom is -0.435 e. The van der Waals surface area contributed by atoms with Crippen molar-refractivity contribution in [1.29, 1.82) is 0 Å². The molecule has 1 aromatic heterocycles. The third kappa shape index (κ3) is 6.06. The summed E-state index contributed by atoms with van der Waals surface area (Å²) in [6, 6.07) is 74.6. The van der Waals surface area contributed by atoms with Gasteiger partial charge in [0, 0.05) is 45.1 Å². The van der Waals surface area contributed by atoms with Crippen LogP contribution in [0.4, 0.5) is 34.1 Å². The van der Waals surface area contributed by atoms with E-state index in [2.05, 4.69) is 192 Å². The largest absolute Gasteiger partial charge is 0.435 e. The highest BCUT2D eigenvalue weighted by atomic mass is 16.3. The van der Waals surface area contributed by atoms with Crippen LogP contribution in [0, 0.1) is 0 Å². The summed E-state index contributed by atoms with van der Waals surface area (Å²) in [5.41, 5.74) is 11.4. The lowest BCUT2D eigenvalue weighted by molar-refractivity contribution is 0.623. The predicted molar refractivity (Wildman–Crippen MR) is 229 cm³/mol. The Morgan fingerprint density at radius 2 is 0.800 bits per heavy atom. The molecule has 0 fully saturated rings. The molecule has 0 N–H and O–H groups in total. The maximum absolute atomic E-state index is 6.57. The van der Waals surface area contributed by atoms with E-state index in [1.54, 1.807) is 0 Å². The fourth-order valence-corrected chi connectivity index (χ4v) is 7.61. The van der Waals surface area contributed by atoms with E-state index < -0.39 is 0 Å². The van der Waals surface area contributed by atoms with Crippen molar-refractivity contribution in [2.75, 3.05) is 9.80 Å². The summed E-state index contributed by atoms with van der Waals surface area (Å²) < 4.78 is 6.57. The highest BCUT2D eigenvalue weighted by Crippen LogP contribution is 2.43. The van der Waals surface area contributed by atoms with E-state index in [0.29, 0.717) is 5.89 Å². The molecule has 0 aliphatic heterocycles. The molecule has 10 rings (SSSR count). The summed E-state index contributed by atoms with van der Waals surface area (Å²) >= 11 is 0. The number of para-hydroxylation sites is 2. The van der Waals surface area contributed by atoms with Gasteiger partial charge in [-0.2, -0.15) is 0 Å². The average molecular weight is 706 g/mol. The normalized spacial score (nSPS) is 11.3. The van der Waals surface area contributed by atoms with Crippen molar-refractivity contribution in [3.8, 4) is 22.6 Å². The summed E-state index contributed by atoms with van der Waals surface area (Å²) in [6.07, 6.45) is 0. The van der Waals surface area contributed by atoms with E-state index in [9.17, 15) is 0 Å². The van der Waals surface area contributed by atoms with Crippen LogP contribution in [0.25, 0.3) is 55.2 Å². The highest BCUT2D eigenvalue weighted by molar-refractivity contribution is 6.18. The molecule has 10 aromatic rings. The molecule has 0 unspecified atom stereocenters. The summed E-state index contributed by atoms with van der Waals surface area (Å²) in [5.74, 6) is 0.622. The van der Waals surface area contributed by atoms with Crippen molar-refractivity contribution in [2.24, 2.45) is 0 Å². The molecule has 55 heavy (non-hydrogen) atoms. The lowest BCUT2D eigenvalue weighted by Crippen LogP contribution is -2.13. The highest BCUT2D eigenvalue weighted by Gasteiger charge is 2.19. The number of oxazole rings is 1. The Labute approximate surface area is 319 Å². The van der Waals surface area contributed by atoms with Crippen molar-refractivity contribution in [3.05, 3.63) is 212 Å². The molecule has 4 heteroatoms. The standard InChI is InChI=1S/C51H35N3O/c1-5-14-36(15-6-1)37-26-30-43(31-27-37)53(41-18-9-3-10-19-41)44-22-13-23-45(34-44)54(42-20-11-4-12-21-42)46-32-28-38-24-25-39-29-33-48-50(49(39)47(38)35-46)55-51(52-48)40-16-7-2-8-17-40/h1-35H. The molecular weight excluding hydrogens is 671 g/mol. The molecule has 4 nitrogen and oxygen atoms in total. The topological polar surface area (TPSA) is 32.5 Å². The zero-order valence-electron chi connectivity index (χ0n) is 30.0. The maximum atomic E-state index is 6.57. The zero-order chi connectivity index (χ0) is 36.6. The van der Waals surface area contributed by atoms with Gasteiger partial charge >= 0.3 is 0 Å². The Hall–Kier alpha value is -7.43. The fourth-order valence-electron chi connectivity index (χ4n) is 7.61. The second kappa shape index (κ2) is 13.8. The Bertz CT molecular complexity index is 2910. The number of aromatic nitrogens is 1. The van der Waals surface area contributed by atoms with Gasteiger partial charge in [0.05, 0.1) is 0 Å². The molecule has 0 amide bonds. The van der Waals surface area contributed by atoms with E-state index in [0.717, 1.165) is 72.3 Å². The molecule has 0 spiro atoms. The first-order chi connectivity index (χ1) is 27.3. The number of fused-ring (bicyclic) bond motifs is 5. The number of anilines is 6. The van der Waals surface area contributed by atoms with Gasteiger partial charge in [0.25, 0.3) is 0 Å². The van der Waals surface area contributed by atoms with E-state index >= 15 is 0 Å². The Kier molecular flexibility index (Phi) is 8.12. The van der Waals surface area contributed by atoms with E-state index in [-0.39, 0.29) is 0 Å². The van der Waals surface area contributed by atoms with Gasteiger partial charge in [-0.1, -0.05) is 127 Å². The van der Waals surface area contributed by atoms with Crippen LogP contribution in [0.1, 0.15) is 0 Å². The molecule has 9 aromatic carbocycles. The second-order valence-electron chi connectivity index (χ2n) is 13.6. The molecule has 0 saturated carbocycles. The lowest BCUT2D eigenvalue weighted by Gasteiger charge is -2.29. The van der Waals surface area contributed by atoms with Crippen LogP contribution in [0.3, 0.4) is 0 Å². The molecule has 1 heterocycles. The molecule has 0 atom stereocenters. The van der Waals surface area contributed by atoms with Crippen molar-refractivity contribution >= 4 is 66.8 Å². The first-order valence-corrected chi connectivity index (χ1v) is 18.5. The summed E-state index contributed by atoms with van der Waals surface area (Å²) in [5, 5.41) is 4.41.